The molecule has 0 aromatic heterocycles. The van der Waals surface area contributed by atoms with Crippen molar-refractivity contribution in [3.05, 3.63) is 60.2 Å². The average molecular weight is 540 g/mol. The van der Waals surface area contributed by atoms with Gasteiger partial charge in [-0.25, -0.2) is 8.42 Å². The van der Waals surface area contributed by atoms with Gasteiger partial charge in [-0.05, 0) is 93.8 Å². The Morgan fingerprint density at radius 1 is 0.816 bits per heavy atom. The summed E-state index contributed by atoms with van der Waals surface area (Å²) in [5.41, 5.74) is 1.40. The van der Waals surface area contributed by atoms with Gasteiger partial charge in [0, 0.05) is 38.1 Å². The van der Waals surface area contributed by atoms with Crippen LogP contribution in [0.1, 0.15) is 44.1 Å². The molecule has 3 aliphatic rings. The number of ether oxygens (including phenoxy) is 1. The van der Waals surface area contributed by atoms with Gasteiger partial charge in [0.2, 0.25) is 15.9 Å². The fourth-order valence-electron chi connectivity index (χ4n) is 6.42. The predicted octanol–water partition coefficient (Wildman–Crippen LogP) is 4.04. The number of rotatable bonds is 7. The number of hydrogen-bond acceptors (Lipinski definition) is 5. The number of amides is 1. The lowest BCUT2D eigenvalue weighted by Gasteiger charge is -2.42. The molecule has 0 bridgehead atoms. The topological polar surface area (TPSA) is 70.2 Å². The highest BCUT2D eigenvalue weighted by molar-refractivity contribution is 7.89. The molecule has 3 heterocycles. The van der Waals surface area contributed by atoms with Crippen molar-refractivity contribution in [3.63, 3.8) is 0 Å². The van der Waals surface area contributed by atoms with Gasteiger partial charge in [0.1, 0.15) is 5.75 Å². The van der Waals surface area contributed by atoms with Crippen molar-refractivity contribution in [3.8, 4) is 5.75 Å². The number of hydrogen-bond donors (Lipinski definition) is 0. The number of carbonyl (C=O) groups excluding carboxylic acids is 1. The third-order valence-electron chi connectivity index (χ3n) is 8.81. The molecule has 1 amide bonds. The lowest BCUT2D eigenvalue weighted by atomic mass is 9.88. The summed E-state index contributed by atoms with van der Waals surface area (Å²) in [6.07, 6.45) is 6.79. The molecule has 8 heteroatoms. The fraction of sp³-hybridized carbons (Fsp3) is 0.567. The number of benzene rings is 2. The van der Waals surface area contributed by atoms with Gasteiger partial charge in [-0.1, -0.05) is 30.3 Å². The van der Waals surface area contributed by atoms with Crippen molar-refractivity contribution in [1.29, 1.82) is 0 Å². The summed E-state index contributed by atoms with van der Waals surface area (Å²) in [5.74, 6) is 1.80. The first kappa shape index (κ1) is 27.2. The quantitative estimate of drug-likeness (QED) is 0.531. The van der Waals surface area contributed by atoms with Crippen LogP contribution in [0.5, 0.6) is 5.75 Å². The van der Waals surface area contributed by atoms with Crippen molar-refractivity contribution in [1.82, 2.24) is 14.1 Å². The lowest BCUT2D eigenvalue weighted by molar-refractivity contribution is -0.138. The third-order valence-corrected chi connectivity index (χ3v) is 10.7. The second-order valence-corrected chi connectivity index (χ2v) is 13.0. The lowest BCUT2D eigenvalue weighted by Crippen LogP contribution is -2.51. The van der Waals surface area contributed by atoms with Crippen LogP contribution in [0.25, 0.3) is 0 Å². The minimum atomic E-state index is -3.49. The van der Waals surface area contributed by atoms with Crippen molar-refractivity contribution < 1.29 is 17.9 Å². The fourth-order valence-corrected chi connectivity index (χ4v) is 7.89. The van der Waals surface area contributed by atoms with E-state index in [1.165, 1.54) is 5.56 Å². The molecule has 3 saturated heterocycles. The minimum absolute atomic E-state index is 0.132. The molecular weight excluding hydrogens is 498 g/mol. The molecule has 2 aromatic rings. The van der Waals surface area contributed by atoms with Crippen molar-refractivity contribution in [2.45, 2.75) is 55.9 Å². The molecule has 2 aromatic carbocycles. The Morgan fingerprint density at radius 2 is 1.45 bits per heavy atom. The number of nitrogens with zero attached hydrogens (tertiary/aromatic N) is 3. The zero-order valence-electron chi connectivity index (χ0n) is 22.5. The molecule has 3 fully saturated rings. The van der Waals surface area contributed by atoms with Crippen LogP contribution in [0.3, 0.4) is 0 Å². The Balaban J connectivity index is 1.05. The Hall–Kier alpha value is -2.42. The van der Waals surface area contributed by atoms with E-state index in [1.54, 1.807) is 35.7 Å². The standard InChI is InChI=1S/C30H41N3O4S/c1-37-28-7-9-29(10-8-28)38(35,36)33-21-15-27(16-22-33)31-19-13-26(14-20-31)30(34)32-17-11-25(12-18-32)23-24-5-3-2-4-6-24/h2-10,25-27H,11-23H2,1H3. The number of methoxy groups -OCH3 is 1. The summed E-state index contributed by atoms with van der Waals surface area (Å²) in [4.78, 5) is 18.2. The number of likely N-dealkylation sites (tertiary alicyclic amines) is 2. The Bertz CT molecular complexity index is 1150. The number of sulfonamides is 1. The molecule has 0 atom stereocenters. The van der Waals surface area contributed by atoms with Crippen LogP contribution in [0.4, 0.5) is 0 Å². The van der Waals surface area contributed by atoms with Crippen LogP contribution < -0.4 is 4.74 Å². The van der Waals surface area contributed by atoms with E-state index in [1.807, 2.05) is 0 Å². The molecule has 3 aliphatic heterocycles. The molecule has 0 unspecified atom stereocenters. The molecule has 206 valence electrons. The monoisotopic (exact) mass is 539 g/mol. The van der Waals surface area contributed by atoms with Crippen LogP contribution in [-0.2, 0) is 21.2 Å². The van der Waals surface area contributed by atoms with Gasteiger partial charge in [0.25, 0.3) is 0 Å². The number of piperidine rings is 3. The summed E-state index contributed by atoms with van der Waals surface area (Å²) in [5, 5.41) is 0. The third kappa shape index (κ3) is 6.24. The van der Waals surface area contributed by atoms with Crippen molar-refractivity contribution >= 4 is 15.9 Å². The highest BCUT2D eigenvalue weighted by Gasteiger charge is 2.35. The Morgan fingerprint density at radius 3 is 2.05 bits per heavy atom. The molecule has 0 aliphatic carbocycles. The summed E-state index contributed by atoms with van der Waals surface area (Å²) in [6.45, 7) is 4.70. The van der Waals surface area contributed by atoms with Crippen LogP contribution in [0, 0.1) is 11.8 Å². The molecule has 5 rings (SSSR count). The van der Waals surface area contributed by atoms with Gasteiger partial charge in [-0.2, -0.15) is 4.31 Å². The molecule has 0 saturated carbocycles. The first-order valence-corrected chi connectivity index (χ1v) is 15.6. The van der Waals surface area contributed by atoms with Crippen LogP contribution >= 0.6 is 0 Å². The van der Waals surface area contributed by atoms with E-state index in [4.69, 9.17) is 4.74 Å². The van der Waals surface area contributed by atoms with E-state index >= 15 is 0 Å². The maximum Gasteiger partial charge on any atom is 0.243 e. The zero-order valence-corrected chi connectivity index (χ0v) is 23.3. The first-order chi connectivity index (χ1) is 18.4. The summed E-state index contributed by atoms with van der Waals surface area (Å²) in [6, 6.07) is 17.7. The summed E-state index contributed by atoms with van der Waals surface area (Å²) < 4.78 is 32.9. The highest BCUT2D eigenvalue weighted by atomic mass is 32.2. The van der Waals surface area contributed by atoms with E-state index in [0.29, 0.717) is 41.6 Å². The van der Waals surface area contributed by atoms with Crippen LogP contribution in [0.15, 0.2) is 59.5 Å². The normalized spacial score (nSPS) is 21.4. The van der Waals surface area contributed by atoms with Gasteiger partial charge in [0.05, 0.1) is 12.0 Å². The second kappa shape index (κ2) is 12.2. The van der Waals surface area contributed by atoms with Gasteiger partial charge in [-0.3, -0.25) is 4.79 Å². The zero-order chi connectivity index (χ0) is 26.5. The molecule has 0 N–H and O–H groups in total. The first-order valence-electron chi connectivity index (χ1n) is 14.1. The number of carbonyl (C=O) groups is 1. The van der Waals surface area contributed by atoms with E-state index in [0.717, 1.165) is 71.1 Å². The van der Waals surface area contributed by atoms with E-state index in [-0.39, 0.29) is 5.92 Å². The van der Waals surface area contributed by atoms with Gasteiger partial charge in [-0.15, -0.1) is 0 Å². The summed E-state index contributed by atoms with van der Waals surface area (Å²) >= 11 is 0. The van der Waals surface area contributed by atoms with E-state index in [9.17, 15) is 13.2 Å². The Kier molecular flexibility index (Phi) is 8.71. The second-order valence-electron chi connectivity index (χ2n) is 11.1. The smallest absolute Gasteiger partial charge is 0.243 e. The average Bonchev–Trinajstić information content (AvgIpc) is 2.98. The highest BCUT2D eigenvalue weighted by Crippen LogP contribution is 2.29. The van der Waals surface area contributed by atoms with E-state index in [2.05, 4.69) is 40.1 Å². The minimum Gasteiger partial charge on any atom is -0.497 e. The molecule has 0 spiro atoms. The van der Waals surface area contributed by atoms with E-state index < -0.39 is 10.0 Å². The maximum atomic E-state index is 13.3. The predicted molar refractivity (Wildman–Crippen MR) is 149 cm³/mol. The van der Waals surface area contributed by atoms with Crippen LogP contribution in [0.2, 0.25) is 0 Å². The Labute approximate surface area is 227 Å². The van der Waals surface area contributed by atoms with Gasteiger partial charge >= 0.3 is 0 Å². The van der Waals surface area contributed by atoms with Crippen LogP contribution in [-0.4, -0.2) is 80.9 Å². The molecule has 7 nitrogen and oxygen atoms in total. The molecule has 0 radical (unpaired) electrons. The maximum absolute atomic E-state index is 13.3. The van der Waals surface area contributed by atoms with Crippen molar-refractivity contribution in [2.24, 2.45) is 11.8 Å². The van der Waals surface area contributed by atoms with Gasteiger partial charge < -0.3 is 14.5 Å². The largest absolute Gasteiger partial charge is 0.497 e. The van der Waals surface area contributed by atoms with Crippen molar-refractivity contribution in [2.75, 3.05) is 46.4 Å². The SMILES string of the molecule is COc1ccc(S(=O)(=O)N2CCC(N3CCC(C(=O)N4CCC(Cc5ccccc5)CC4)CC3)CC2)cc1. The molecule has 38 heavy (non-hydrogen) atoms. The van der Waals surface area contributed by atoms with Gasteiger partial charge in [0.15, 0.2) is 0 Å². The molecular formula is C30H41N3O4S. The summed E-state index contributed by atoms with van der Waals surface area (Å²) in [7, 11) is -1.91.